The molecule has 0 bridgehead atoms. The highest BCUT2D eigenvalue weighted by molar-refractivity contribution is 6.46. The second-order valence-corrected chi connectivity index (χ2v) is 9.48. The minimum absolute atomic E-state index is 0.0862. The number of nitrogens with zero attached hydrogens (tertiary/aromatic N) is 2. The number of hydrogen-bond acceptors (Lipinski definition) is 6. The van der Waals surface area contributed by atoms with E-state index >= 15 is 0 Å². The lowest BCUT2D eigenvalue weighted by atomic mass is 9.94. The van der Waals surface area contributed by atoms with Gasteiger partial charge in [0.2, 0.25) is 0 Å². The van der Waals surface area contributed by atoms with Crippen molar-refractivity contribution in [2.24, 2.45) is 5.92 Å². The van der Waals surface area contributed by atoms with Crippen LogP contribution in [0.5, 0.6) is 11.5 Å². The number of likely N-dealkylation sites (tertiary alicyclic amines) is 1. The maximum absolute atomic E-state index is 13.3. The van der Waals surface area contributed by atoms with Gasteiger partial charge in [-0.2, -0.15) is 0 Å². The number of ketones is 1. The van der Waals surface area contributed by atoms with Crippen molar-refractivity contribution in [1.82, 2.24) is 9.80 Å². The third kappa shape index (κ3) is 5.90. The van der Waals surface area contributed by atoms with Crippen molar-refractivity contribution in [1.29, 1.82) is 0 Å². The fourth-order valence-electron chi connectivity index (χ4n) is 4.43. The van der Waals surface area contributed by atoms with Crippen molar-refractivity contribution in [3.05, 3.63) is 64.7 Å². The Morgan fingerprint density at radius 3 is 2.44 bits per heavy atom. The molecular weight excluding hydrogens is 456 g/mol. The summed E-state index contributed by atoms with van der Waals surface area (Å²) in [6, 6.07) is 11.9. The number of ether oxygens (including phenoxy) is 2. The molecule has 0 radical (unpaired) electrons. The quantitative estimate of drug-likeness (QED) is 0.275. The number of methoxy groups -OCH3 is 1. The molecule has 36 heavy (non-hydrogen) atoms. The molecule has 1 amide bonds. The van der Waals surface area contributed by atoms with Crippen LogP contribution in [-0.2, 0) is 9.59 Å². The molecule has 1 fully saturated rings. The van der Waals surface area contributed by atoms with Gasteiger partial charge in [-0.25, -0.2) is 0 Å². The molecule has 1 aliphatic heterocycles. The van der Waals surface area contributed by atoms with Crippen LogP contribution in [-0.4, -0.2) is 66.5 Å². The minimum atomic E-state index is -0.715. The lowest BCUT2D eigenvalue weighted by molar-refractivity contribution is -0.140. The number of Topliss-reactive ketones (excluding diaryl/α,β-unsaturated/α-hetero) is 1. The van der Waals surface area contributed by atoms with Crippen molar-refractivity contribution in [2.75, 3.05) is 39.9 Å². The molecule has 2 aromatic rings. The molecule has 1 heterocycles. The first kappa shape index (κ1) is 27.3. The van der Waals surface area contributed by atoms with Gasteiger partial charge in [0.05, 0.1) is 25.3 Å². The van der Waals surface area contributed by atoms with Crippen LogP contribution in [0.2, 0.25) is 0 Å². The van der Waals surface area contributed by atoms with E-state index in [9.17, 15) is 14.7 Å². The summed E-state index contributed by atoms with van der Waals surface area (Å²) in [6.45, 7) is 13.4. The predicted molar refractivity (Wildman–Crippen MR) is 141 cm³/mol. The highest BCUT2D eigenvalue weighted by atomic mass is 16.5. The van der Waals surface area contributed by atoms with Crippen molar-refractivity contribution < 1.29 is 24.2 Å². The highest BCUT2D eigenvalue weighted by Gasteiger charge is 2.46. The van der Waals surface area contributed by atoms with Gasteiger partial charge in [0.15, 0.2) is 0 Å². The summed E-state index contributed by atoms with van der Waals surface area (Å²) < 4.78 is 11.3. The van der Waals surface area contributed by atoms with Gasteiger partial charge in [0, 0.05) is 18.7 Å². The fourth-order valence-corrected chi connectivity index (χ4v) is 4.43. The van der Waals surface area contributed by atoms with E-state index in [-0.39, 0.29) is 11.3 Å². The van der Waals surface area contributed by atoms with Gasteiger partial charge in [-0.05, 0) is 67.4 Å². The molecule has 1 saturated heterocycles. The summed E-state index contributed by atoms with van der Waals surface area (Å²) in [4.78, 5) is 30.3. The summed E-state index contributed by atoms with van der Waals surface area (Å²) in [5.74, 6) is 0.245. The summed E-state index contributed by atoms with van der Waals surface area (Å²) in [7, 11) is 1.57. The lowest BCUT2D eigenvalue weighted by Gasteiger charge is -2.28. The van der Waals surface area contributed by atoms with E-state index in [1.165, 1.54) is 0 Å². The first-order valence-corrected chi connectivity index (χ1v) is 12.6. The Morgan fingerprint density at radius 1 is 1.11 bits per heavy atom. The molecule has 1 N–H and O–H groups in total. The second kappa shape index (κ2) is 12.1. The predicted octanol–water partition coefficient (Wildman–Crippen LogP) is 4.80. The number of aryl methyl sites for hydroxylation is 1. The van der Waals surface area contributed by atoms with Gasteiger partial charge in [0.25, 0.3) is 11.7 Å². The first-order valence-electron chi connectivity index (χ1n) is 12.6. The van der Waals surface area contributed by atoms with Crippen LogP contribution in [0.1, 0.15) is 50.4 Å². The van der Waals surface area contributed by atoms with E-state index in [1.807, 2.05) is 31.2 Å². The third-order valence-electron chi connectivity index (χ3n) is 6.52. The van der Waals surface area contributed by atoms with E-state index in [0.717, 1.165) is 24.4 Å². The smallest absolute Gasteiger partial charge is 0.295 e. The molecule has 194 valence electrons. The Balaban J connectivity index is 2.07. The number of aliphatic hydroxyl groups is 1. The Labute approximate surface area is 214 Å². The minimum Gasteiger partial charge on any atom is -0.507 e. The number of amides is 1. The van der Waals surface area contributed by atoms with Gasteiger partial charge >= 0.3 is 0 Å². The second-order valence-electron chi connectivity index (χ2n) is 9.48. The molecule has 0 saturated carbocycles. The van der Waals surface area contributed by atoms with Crippen molar-refractivity contribution in [2.45, 2.75) is 40.7 Å². The zero-order valence-corrected chi connectivity index (χ0v) is 22.2. The summed E-state index contributed by atoms with van der Waals surface area (Å²) >= 11 is 0. The SMILES string of the molecule is CCN(CC)CCN1C(=O)C(=O)/C(=C(\O)c2ccc(OCC(C)C)c(C)c2)C1c1cccc(OC)c1. The van der Waals surface area contributed by atoms with Crippen molar-refractivity contribution in [3.63, 3.8) is 0 Å². The van der Waals surface area contributed by atoms with Gasteiger partial charge in [0.1, 0.15) is 17.3 Å². The van der Waals surface area contributed by atoms with Crippen LogP contribution in [0.4, 0.5) is 0 Å². The lowest BCUT2D eigenvalue weighted by Crippen LogP contribution is -2.38. The Morgan fingerprint density at radius 2 is 1.83 bits per heavy atom. The maximum Gasteiger partial charge on any atom is 0.295 e. The third-order valence-corrected chi connectivity index (χ3v) is 6.52. The Kier molecular flexibility index (Phi) is 9.15. The fraction of sp³-hybridized carbons (Fsp3) is 0.448. The van der Waals surface area contributed by atoms with Crippen LogP contribution in [0, 0.1) is 12.8 Å². The molecule has 7 nitrogen and oxygen atoms in total. The number of aliphatic hydroxyl groups excluding tert-OH is 1. The molecule has 1 aliphatic rings. The Hall–Kier alpha value is -3.32. The Bertz CT molecular complexity index is 1120. The molecule has 1 unspecified atom stereocenters. The normalized spacial score (nSPS) is 17.3. The summed E-state index contributed by atoms with van der Waals surface area (Å²) in [5, 5.41) is 11.4. The summed E-state index contributed by atoms with van der Waals surface area (Å²) in [5.41, 5.74) is 2.11. The van der Waals surface area contributed by atoms with E-state index in [4.69, 9.17) is 9.47 Å². The summed E-state index contributed by atoms with van der Waals surface area (Å²) in [6.07, 6.45) is 0. The van der Waals surface area contributed by atoms with E-state index in [2.05, 4.69) is 32.6 Å². The van der Waals surface area contributed by atoms with Gasteiger partial charge in [-0.15, -0.1) is 0 Å². The van der Waals surface area contributed by atoms with Crippen LogP contribution < -0.4 is 9.47 Å². The molecule has 3 rings (SSSR count). The van der Waals surface area contributed by atoms with Gasteiger partial charge in [-0.1, -0.05) is 39.8 Å². The molecule has 0 aromatic heterocycles. The first-order chi connectivity index (χ1) is 17.2. The molecule has 0 spiro atoms. The van der Waals surface area contributed by atoms with Crippen LogP contribution >= 0.6 is 0 Å². The average Bonchev–Trinajstić information content (AvgIpc) is 3.13. The number of rotatable bonds is 11. The average molecular weight is 495 g/mol. The topological polar surface area (TPSA) is 79.3 Å². The number of likely N-dealkylation sites (N-methyl/N-ethyl adjacent to an activating group) is 1. The van der Waals surface area contributed by atoms with E-state index in [0.29, 0.717) is 42.5 Å². The zero-order valence-electron chi connectivity index (χ0n) is 22.2. The van der Waals surface area contributed by atoms with Crippen molar-refractivity contribution in [3.8, 4) is 11.5 Å². The molecule has 7 heteroatoms. The number of benzene rings is 2. The maximum atomic E-state index is 13.3. The monoisotopic (exact) mass is 494 g/mol. The van der Waals surface area contributed by atoms with Gasteiger partial charge < -0.3 is 24.4 Å². The molecule has 0 aliphatic carbocycles. The standard InChI is InChI=1S/C29H38N2O5/c1-7-30(8-2)14-15-31-26(21-10-9-11-23(17-21)35-6)25(28(33)29(31)34)27(32)22-12-13-24(20(5)16-22)36-18-19(3)4/h9-13,16-17,19,26,32H,7-8,14-15,18H2,1-6H3/b27-25-. The highest BCUT2D eigenvalue weighted by Crippen LogP contribution is 2.40. The van der Waals surface area contributed by atoms with Gasteiger partial charge in [-0.3, -0.25) is 9.59 Å². The number of carbonyl (C=O) groups is 2. The van der Waals surface area contributed by atoms with Crippen molar-refractivity contribution >= 4 is 17.4 Å². The molecular formula is C29H38N2O5. The zero-order chi connectivity index (χ0) is 26.4. The number of carbonyl (C=O) groups excluding carboxylic acids is 2. The molecule has 2 aromatic carbocycles. The van der Waals surface area contributed by atoms with Crippen LogP contribution in [0.25, 0.3) is 5.76 Å². The van der Waals surface area contributed by atoms with E-state index in [1.54, 1.807) is 30.2 Å². The largest absolute Gasteiger partial charge is 0.507 e. The van der Waals surface area contributed by atoms with Crippen LogP contribution in [0.15, 0.2) is 48.0 Å². The van der Waals surface area contributed by atoms with Crippen LogP contribution in [0.3, 0.4) is 0 Å². The number of hydrogen-bond donors (Lipinski definition) is 1. The molecule has 1 atom stereocenters. The van der Waals surface area contributed by atoms with E-state index < -0.39 is 17.7 Å².